The summed E-state index contributed by atoms with van der Waals surface area (Å²) in [6.07, 6.45) is 5.28. The van der Waals surface area contributed by atoms with Gasteiger partial charge in [0.1, 0.15) is 0 Å². The van der Waals surface area contributed by atoms with Crippen LogP contribution in [0.3, 0.4) is 0 Å². The molecule has 0 saturated heterocycles. The van der Waals surface area contributed by atoms with Crippen molar-refractivity contribution in [3.05, 3.63) is 12.0 Å². The highest BCUT2D eigenvalue weighted by Crippen LogP contribution is 2.13. The minimum atomic E-state index is -0.677. The Bertz CT molecular complexity index is 399. The SMILES string of the molecule is CCCCCCOc1ncc(F)c(NC(C)=O)n1. The van der Waals surface area contributed by atoms with E-state index in [-0.39, 0.29) is 17.7 Å². The number of nitrogens with one attached hydrogen (secondary N) is 1. The molecule has 1 heterocycles. The number of halogens is 1. The quantitative estimate of drug-likeness (QED) is 0.760. The summed E-state index contributed by atoms with van der Waals surface area (Å²) in [6.45, 7) is 3.90. The maximum absolute atomic E-state index is 13.2. The van der Waals surface area contributed by atoms with Crippen molar-refractivity contribution in [3.63, 3.8) is 0 Å². The molecule has 0 saturated carbocycles. The van der Waals surface area contributed by atoms with Crippen molar-refractivity contribution in [1.82, 2.24) is 9.97 Å². The first-order valence-corrected chi connectivity index (χ1v) is 6.06. The van der Waals surface area contributed by atoms with Gasteiger partial charge in [-0.15, -0.1) is 0 Å². The molecule has 1 aromatic rings. The third-order valence-electron chi connectivity index (χ3n) is 2.25. The lowest BCUT2D eigenvalue weighted by atomic mass is 10.2. The summed E-state index contributed by atoms with van der Waals surface area (Å²) < 4.78 is 18.5. The van der Waals surface area contributed by atoms with Crippen molar-refractivity contribution in [2.24, 2.45) is 0 Å². The maximum atomic E-state index is 13.2. The van der Waals surface area contributed by atoms with Gasteiger partial charge in [0, 0.05) is 6.92 Å². The van der Waals surface area contributed by atoms with E-state index in [1.807, 2.05) is 0 Å². The highest BCUT2D eigenvalue weighted by atomic mass is 19.1. The Labute approximate surface area is 106 Å². The molecule has 0 fully saturated rings. The zero-order valence-electron chi connectivity index (χ0n) is 10.7. The Morgan fingerprint density at radius 3 is 2.89 bits per heavy atom. The van der Waals surface area contributed by atoms with Crippen LogP contribution >= 0.6 is 0 Å². The van der Waals surface area contributed by atoms with Gasteiger partial charge in [0.25, 0.3) is 0 Å². The number of aromatic nitrogens is 2. The predicted octanol–water partition coefficient (Wildman–Crippen LogP) is 2.53. The number of anilines is 1. The number of hydrogen-bond donors (Lipinski definition) is 1. The zero-order valence-corrected chi connectivity index (χ0v) is 10.7. The first-order chi connectivity index (χ1) is 8.63. The fourth-order valence-electron chi connectivity index (χ4n) is 1.37. The smallest absolute Gasteiger partial charge is 0.318 e. The van der Waals surface area contributed by atoms with E-state index in [0.29, 0.717) is 6.61 Å². The molecule has 0 aromatic carbocycles. The van der Waals surface area contributed by atoms with Crippen LogP contribution in [0.4, 0.5) is 10.2 Å². The van der Waals surface area contributed by atoms with Gasteiger partial charge in [-0.05, 0) is 6.42 Å². The summed E-state index contributed by atoms with van der Waals surface area (Å²) in [5, 5.41) is 2.28. The molecule has 1 N–H and O–H groups in total. The third kappa shape index (κ3) is 5.07. The Morgan fingerprint density at radius 2 is 2.22 bits per heavy atom. The van der Waals surface area contributed by atoms with E-state index in [2.05, 4.69) is 22.2 Å². The van der Waals surface area contributed by atoms with Gasteiger partial charge in [-0.25, -0.2) is 9.37 Å². The van der Waals surface area contributed by atoms with Crippen LogP contribution in [0, 0.1) is 5.82 Å². The number of amides is 1. The van der Waals surface area contributed by atoms with Crippen LogP contribution in [-0.2, 0) is 4.79 Å². The number of rotatable bonds is 7. The molecule has 0 aliphatic rings. The Hall–Kier alpha value is -1.72. The van der Waals surface area contributed by atoms with Crippen molar-refractivity contribution >= 4 is 11.7 Å². The van der Waals surface area contributed by atoms with Crippen molar-refractivity contribution in [3.8, 4) is 6.01 Å². The van der Waals surface area contributed by atoms with E-state index >= 15 is 0 Å². The van der Waals surface area contributed by atoms with Gasteiger partial charge in [-0.2, -0.15) is 4.98 Å². The molecule has 1 rings (SSSR count). The molecular formula is C12H18FN3O2. The van der Waals surface area contributed by atoms with Crippen LogP contribution < -0.4 is 10.1 Å². The minimum absolute atomic E-state index is 0.0802. The molecule has 100 valence electrons. The molecule has 1 aromatic heterocycles. The predicted molar refractivity (Wildman–Crippen MR) is 65.9 cm³/mol. The van der Waals surface area contributed by atoms with E-state index in [4.69, 9.17) is 4.74 Å². The molecule has 0 radical (unpaired) electrons. The van der Waals surface area contributed by atoms with Crippen LogP contribution in [0.2, 0.25) is 0 Å². The fourth-order valence-corrected chi connectivity index (χ4v) is 1.37. The van der Waals surface area contributed by atoms with Gasteiger partial charge in [-0.3, -0.25) is 4.79 Å². The topological polar surface area (TPSA) is 64.1 Å². The fraction of sp³-hybridized carbons (Fsp3) is 0.583. The first-order valence-electron chi connectivity index (χ1n) is 6.06. The summed E-state index contributed by atoms with van der Waals surface area (Å²) >= 11 is 0. The number of carbonyl (C=O) groups is 1. The molecule has 0 unspecified atom stereocenters. The van der Waals surface area contributed by atoms with E-state index in [9.17, 15) is 9.18 Å². The van der Waals surface area contributed by atoms with E-state index < -0.39 is 5.82 Å². The van der Waals surface area contributed by atoms with Crippen LogP contribution in [-0.4, -0.2) is 22.5 Å². The molecule has 5 nitrogen and oxygen atoms in total. The largest absolute Gasteiger partial charge is 0.463 e. The molecule has 0 spiro atoms. The molecular weight excluding hydrogens is 237 g/mol. The summed E-state index contributed by atoms with van der Waals surface area (Å²) in [7, 11) is 0. The number of unbranched alkanes of at least 4 members (excludes halogenated alkanes) is 3. The highest BCUT2D eigenvalue weighted by Gasteiger charge is 2.08. The molecule has 0 bridgehead atoms. The second-order valence-electron chi connectivity index (χ2n) is 3.94. The zero-order chi connectivity index (χ0) is 13.4. The van der Waals surface area contributed by atoms with Crippen LogP contribution in [0.5, 0.6) is 6.01 Å². The number of hydrogen-bond acceptors (Lipinski definition) is 4. The lowest BCUT2D eigenvalue weighted by Gasteiger charge is -2.06. The lowest BCUT2D eigenvalue weighted by Crippen LogP contribution is -2.11. The summed E-state index contributed by atoms with van der Waals surface area (Å²) in [4.78, 5) is 18.3. The first kappa shape index (κ1) is 14.3. The Morgan fingerprint density at radius 1 is 1.44 bits per heavy atom. The Balaban J connectivity index is 2.48. The van der Waals surface area contributed by atoms with E-state index in [1.54, 1.807) is 0 Å². The third-order valence-corrected chi connectivity index (χ3v) is 2.25. The molecule has 0 aliphatic heterocycles. The molecule has 1 amide bonds. The van der Waals surface area contributed by atoms with Gasteiger partial charge in [0.15, 0.2) is 11.6 Å². The molecule has 18 heavy (non-hydrogen) atoms. The second kappa shape index (κ2) is 7.58. The van der Waals surface area contributed by atoms with Crippen LogP contribution in [0.15, 0.2) is 6.20 Å². The normalized spacial score (nSPS) is 10.2. The van der Waals surface area contributed by atoms with Gasteiger partial charge in [-0.1, -0.05) is 26.2 Å². The standard InChI is InChI=1S/C12H18FN3O2/c1-3-4-5-6-7-18-12-14-8-10(13)11(16-12)15-9(2)17/h8H,3-7H2,1-2H3,(H,14,15,16,17). The number of ether oxygens (including phenoxy) is 1. The van der Waals surface area contributed by atoms with E-state index in [0.717, 1.165) is 31.9 Å². The van der Waals surface area contributed by atoms with Crippen LogP contribution in [0.25, 0.3) is 0 Å². The minimum Gasteiger partial charge on any atom is -0.463 e. The molecule has 6 heteroatoms. The second-order valence-corrected chi connectivity index (χ2v) is 3.94. The highest BCUT2D eigenvalue weighted by molar-refractivity contribution is 5.87. The maximum Gasteiger partial charge on any atom is 0.318 e. The summed E-state index contributed by atoms with van der Waals surface area (Å²) in [6, 6.07) is 0.0802. The van der Waals surface area contributed by atoms with Gasteiger partial charge in [0.05, 0.1) is 12.8 Å². The summed E-state index contributed by atoms with van der Waals surface area (Å²) in [5.74, 6) is -1.22. The summed E-state index contributed by atoms with van der Waals surface area (Å²) in [5.41, 5.74) is 0. The number of nitrogens with zero attached hydrogens (tertiary/aromatic N) is 2. The number of carbonyl (C=O) groups excluding carboxylic acids is 1. The van der Waals surface area contributed by atoms with Crippen molar-refractivity contribution < 1.29 is 13.9 Å². The van der Waals surface area contributed by atoms with Gasteiger partial charge in [0.2, 0.25) is 5.91 Å². The van der Waals surface area contributed by atoms with Gasteiger partial charge < -0.3 is 10.1 Å². The molecule has 0 aliphatic carbocycles. The van der Waals surface area contributed by atoms with Crippen LogP contribution in [0.1, 0.15) is 39.5 Å². The van der Waals surface area contributed by atoms with Gasteiger partial charge >= 0.3 is 6.01 Å². The van der Waals surface area contributed by atoms with E-state index in [1.165, 1.54) is 6.92 Å². The average Bonchev–Trinajstić information content (AvgIpc) is 2.32. The molecule has 0 atom stereocenters. The lowest BCUT2D eigenvalue weighted by molar-refractivity contribution is -0.114. The average molecular weight is 255 g/mol. The van der Waals surface area contributed by atoms with Crippen molar-refractivity contribution in [1.29, 1.82) is 0 Å². The van der Waals surface area contributed by atoms with Crippen molar-refractivity contribution in [2.75, 3.05) is 11.9 Å². The Kier molecular flexibility index (Phi) is 6.04. The van der Waals surface area contributed by atoms with Crippen molar-refractivity contribution in [2.45, 2.75) is 39.5 Å². The monoisotopic (exact) mass is 255 g/mol.